The first-order chi connectivity index (χ1) is 5.43. The molecule has 0 atom stereocenters. The van der Waals surface area contributed by atoms with E-state index < -0.39 is 0 Å². The quantitative estimate of drug-likeness (QED) is 0.605. The van der Waals surface area contributed by atoms with Gasteiger partial charge in [0.15, 0.2) is 0 Å². The van der Waals surface area contributed by atoms with Crippen LogP contribution in [-0.2, 0) is 11.2 Å². The number of hydrogen-bond donors (Lipinski definition) is 0. The van der Waals surface area contributed by atoms with Gasteiger partial charge in [-0.3, -0.25) is 0 Å². The Labute approximate surface area is 66.4 Å². The monoisotopic (exact) mass is 152 g/mol. The van der Waals surface area contributed by atoms with Gasteiger partial charge in [0.1, 0.15) is 5.82 Å². The van der Waals surface area contributed by atoms with Crippen LogP contribution in [0.4, 0.5) is 0 Å². The Morgan fingerprint density at radius 1 is 1.36 bits per heavy atom. The minimum Gasteiger partial charge on any atom is -0.381 e. The summed E-state index contributed by atoms with van der Waals surface area (Å²) < 4.78 is 5.16. The van der Waals surface area contributed by atoms with E-state index >= 15 is 0 Å². The summed E-state index contributed by atoms with van der Waals surface area (Å²) in [5.41, 5.74) is 0. The Morgan fingerprint density at radius 3 is 2.73 bits per heavy atom. The molecule has 3 nitrogen and oxygen atoms in total. The Hall–Kier alpha value is -0.960. The zero-order chi connectivity index (χ0) is 7.94. The summed E-state index contributed by atoms with van der Waals surface area (Å²) in [5, 5.41) is 0. The molecule has 0 aliphatic carbocycles. The number of ether oxygens (including phenoxy) is 1. The Balaban J connectivity index is 2.28. The number of hydrogen-bond acceptors (Lipinski definition) is 3. The van der Waals surface area contributed by atoms with Crippen LogP contribution in [0.15, 0.2) is 18.5 Å². The molecule has 0 aliphatic rings. The summed E-state index contributed by atoms with van der Waals surface area (Å²) in [7, 11) is 0. The first-order valence-electron chi connectivity index (χ1n) is 3.77. The maximum atomic E-state index is 5.16. The summed E-state index contributed by atoms with van der Waals surface area (Å²) >= 11 is 0. The molecule has 0 amide bonds. The number of aromatic nitrogens is 2. The lowest BCUT2D eigenvalue weighted by Gasteiger charge is -1.98. The van der Waals surface area contributed by atoms with Gasteiger partial charge in [0, 0.05) is 25.4 Å². The lowest BCUT2D eigenvalue weighted by Crippen LogP contribution is -2.01. The zero-order valence-corrected chi connectivity index (χ0v) is 6.66. The number of rotatable bonds is 4. The molecule has 60 valence electrons. The lowest BCUT2D eigenvalue weighted by molar-refractivity contribution is 0.149. The highest BCUT2D eigenvalue weighted by molar-refractivity contribution is 4.88. The summed E-state index contributed by atoms with van der Waals surface area (Å²) in [6.45, 7) is 3.44. The first kappa shape index (κ1) is 8.14. The molecule has 0 radical (unpaired) electrons. The standard InChI is InChI=1S/C8H12N2O/c1-2-11-7-4-8-9-5-3-6-10-8/h3,5-6H,2,4,7H2,1H3. The van der Waals surface area contributed by atoms with E-state index in [0.29, 0.717) is 6.61 Å². The first-order valence-corrected chi connectivity index (χ1v) is 3.77. The van der Waals surface area contributed by atoms with Crippen molar-refractivity contribution in [3.05, 3.63) is 24.3 Å². The van der Waals surface area contributed by atoms with E-state index in [0.717, 1.165) is 18.9 Å². The zero-order valence-electron chi connectivity index (χ0n) is 6.66. The molecule has 0 N–H and O–H groups in total. The van der Waals surface area contributed by atoms with Crippen molar-refractivity contribution in [2.45, 2.75) is 13.3 Å². The Morgan fingerprint density at radius 2 is 2.09 bits per heavy atom. The van der Waals surface area contributed by atoms with Crippen molar-refractivity contribution in [2.75, 3.05) is 13.2 Å². The highest BCUT2D eigenvalue weighted by atomic mass is 16.5. The molecule has 0 bridgehead atoms. The molecule has 0 aromatic carbocycles. The van der Waals surface area contributed by atoms with E-state index in [-0.39, 0.29) is 0 Å². The Bertz CT molecular complexity index is 189. The molecule has 0 spiro atoms. The normalized spacial score (nSPS) is 9.91. The Kier molecular flexibility index (Phi) is 3.55. The SMILES string of the molecule is CCOCCc1ncccn1. The van der Waals surface area contributed by atoms with Gasteiger partial charge in [-0.05, 0) is 13.0 Å². The van der Waals surface area contributed by atoms with Gasteiger partial charge in [-0.2, -0.15) is 0 Å². The fraction of sp³-hybridized carbons (Fsp3) is 0.500. The van der Waals surface area contributed by atoms with Gasteiger partial charge in [0.2, 0.25) is 0 Å². The van der Waals surface area contributed by atoms with E-state index in [1.165, 1.54) is 0 Å². The summed E-state index contributed by atoms with van der Waals surface area (Å²) in [4.78, 5) is 8.12. The van der Waals surface area contributed by atoms with Crippen molar-refractivity contribution in [2.24, 2.45) is 0 Å². The van der Waals surface area contributed by atoms with Crippen molar-refractivity contribution >= 4 is 0 Å². The van der Waals surface area contributed by atoms with Gasteiger partial charge in [-0.15, -0.1) is 0 Å². The van der Waals surface area contributed by atoms with Crippen LogP contribution in [-0.4, -0.2) is 23.2 Å². The van der Waals surface area contributed by atoms with Gasteiger partial charge in [-0.25, -0.2) is 9.97 Å². The van der Waals surface area contributed by atoms with Crippen LogP contribution >= 0.6 is 0 Å². The average Bonchev–Trinajstić information content (AvgIpc) is 2.07. The van der Waals surface area contributed by atoms with Gasteiger partial charge in [0.25, 0.3) is 0 Å². The second-order valence-electron chi connectivity index (χ2n) is 2.11. The van der Waals surface area contributed by atoms with E-state index in [1.807, 2.05) is 13.0 Å². The minimum atomic E-state index is 0.709. The molecule has 1 heterocycles. The molecule has 0 saturated carbocycles. The van der Waals surface area contributed by atoms with Gasteiger partial charge in [0.05, 0.1) is 6.61 Å². The van der Waals surface area contributed by atoms with Crippen molar-refractivity contribution in [3.8, 4) is 0 Å². The maximum Gasteiger partial charge on any atom is 0.130 e. The third kappa shape index (κ3) is 3.09. The molecule has 11 heavy (non-hydrogen) atoms. The smallest absolute Gasteiger partial charge is 0.130 e. The predicted octanol–water partition coefficient (Wildman–Crippen LogP) is 1.06. The van der Waals surface area contributed by atoms with Crippen molar-refractivity contribution < 1.29 is 4.74 Å². The van der Waals surface area contributed by atoms with Crippen LogP contribution < -0.4 is 0 Å². The molecule has 0 saturated heterocycles. The molecular weight excluding hydrogens is 140 g/mol. The van der Waals surface area contributed by atoms with Crippen molar-refractivity contribution in [1.82, 2.24) is 9.97 Å². The lowest BCUT2D eigenvalue weighted by atomic mass is 10.4. The minimum absolute atomic E-state index is 0.709. The molecule has 1 aromatic rings. The third-order valence-corrected chi connectivity index (χ3v) is 1.29. The molecular formula is C8H12N2O. The summed E-state index contributed by atoms with van der Waals surface area (Å²) in [5.74, 6) is 0.848. The third-order valence-electron chi connectivity index (χ3n) is 1.29. The fourth-order valence-electron chi connectivity index (χ4n) is 0.767. The van der Waals surface area contributed by atoms with Gasteiger partial charge >= 0.3 is 0 Å². The average molecular weight is 152 g/mol. The molecule has 0 fully saturated rings. The summed E-state index contributed by atoms with van der Waals surface area (Å²) in [6.07, 6.45) is 4.29. The molecule has 0 aliphatic heterocycles. The molecule has 3 heteroatoms. The molecule has 1 rings (SSSR count). The second-order valence-corrected chi connectivity index (χ2v) is 2.11. The predicted molar refractivity (Wildman–Crippen MR) is 42.2 cm³/mol. The van der Waals surface area contributed by atoms with Crippen LogP contribution in [0.1, 0.15) is 12.7 Å². The van der Waals surface area contributed by atoms with Crippen molar-refractivity contribution in [3.63, 3.8) is 0 Å². The van der Waals surface area contributed by atoms with Crippen LogP contribution in [0.25, 0.3) is 0 Å². The number of nitrogens with zero attached hydrogens (tertiary/aromatic N) is 2. The van der Waals surface area contributed by atoms with Gasteiger partial charge in [-0.1, -0.05) is 0 Å². The molecule has 1 aromatic heterocycles. The van der Waals surface area contributed by atoms with Crippen LogP contribution in [0, 0.1) is 0 Å². The highest BCUT2D eigenvalue weighted by Gasteiger charge is 1.92. The largest absolute Gasteiger partial charge is 0.381 e. The van der Waals surface area contributed by atoms with E-state index in [9.17, 15) is 0 Å². The molecule has 0 unspecified atom stereocenters. The van der Waals surface area contributed by atoms with Crippen molar-refractivity contribution in [1.29, 1.82) is 0 Å². The van der Waals surface area contributed by atoms with E-state index in [2.05, 4.69) is 9.97 Å². The highest BCUT2D eigenvalue weighted by Crippen LogP contribution is 1.89. The van der Waals surface area contributed by atoms with E-state index in [1.54, 1.807) is 12.4 Å². The summed E-state index contributed by atoms with van der Waals surface area (Å²) in [6, 6.07) is 1.81. The van der Waals surface area contributed by atoms with Crippen LogP contribution in [0.3, 0.4) is 0 Å². The topological polar surface area (TPSA) is 35.0 Å². The van der Waals surface area contributed by atoms with Crippen LogP contribution in [0.5, 0.6) is 0 Å². The van der Waals surface area contributed by atoms with Crippen LogP contribution in [0.2, 0.25) is 0 Å². The van der Waals surface area contributed by atoms with E-state index in [4.69, 9.17) is 4.74 Å². The van der Waals surface area contributed by atoms with Gasteiger partial charge < -0.3 is 4.74 Å². The maximum absolute atomic E-state index is 5.16. The fourth-order valence-corrected chi connectivity index (χ4v) is 0.767. The second kappa shape index (κ2) is 4.79.